The van der Waals surface area contributed by atoms with E-state index in [1.54, 1.807) is 0 Å². The lowest BCUT2D eigenvalue weighted by Crippen LogP contribution is -2.47. The lowest BCUT2D eigenvalue weighted by molar-refractivity contribution is 0.183. The highest BCUT2D eigenvalue weighted by Gasteiger charge is 2.19. The highest BCUT2D eigenvalue weighted by atomic mass is 127. The van der Waals surface area contributed by atoms with Crippen LogP contribution in [0.4, 0.5) is 0 Å². The van der Waals surface area contributed by atoms with E-state index in [0.29, 0.717) is 6.04 Å². The van der Waals surface area contributed by atoms with E-state index >= 15 is 0 Å². The maximum absolute atomic E-state index is 4.39. The molecule has 124 valence electrons. The van der Waals surface area contributed by atoms with Gasteiger partial charge in [-0.05, 0) is 44.7 Å². The Morgan fingerprint density at radius 3 is 2.57 bits per heavy atom. The van der Waals surface area contributed by atoms with Gasteiger partial charge in [0.1, 0.15) is 0 Å². The first-order chi connectivity index (χ1) is 9.81. The fraction of sp³-hybridized carbons (Fsp3) is 0.938. The molecule has 1 aliphatic heterocycles. The molecule has 2 N–H and O–H groups in total. The molecule has 1 aliphatic carbocycles. The largest absolute Gasteiger partial charge is 0.356 e. The van der Waals surface area contributed by atoms with E-state index in [9.17, 15) is 0 Å². The Hall–Kier alpha value is -0.0400. The molecule has 0 aromatic carbocycles. The van der Waals surface area contributed by atoms with Gasteiger partial charge in [0.15, 0.2) is 5.96 Å². The van der Waals surface area contributed by atoms with Crippen LogP contribution >= 0.6 is 24.0 Å². The van der Waals surface area contributed by atoms with E-state index in [0.717, 1.165) is 18.4 Å². The summed E-state index contributed by atoms with van der Waals surface area (Å²) in [6.45, 7) is 7.03. The molecule has 2 fully saturated rings. The summed E-state index contributed by atoms with van der Waals surface area (Å²) in [7, 11) is 1.89. The number of nitrogens with one attached hydrogen (secondary N) is 2. The van der Waals surface area contributed by atoms with Crippen LogP contribution in [-0.2, 0) is 0 Å². The van der Waals surface area contributed by atoms with Gasteiger partial charge in [-0.3, -0.25) is 4.99 Å². The highest BCUT2D eigenvalue weighted by molar-refractivity contribution is 14.0. The third kappa shape index (κ3) is 6.72. The smallest absolute Gasteiger partial charge is 0.191 e. The maximum atomic E-state index is 4.39. The molecule has 0 bridgehead atoms. The van der Waals surface area contributed by atoms with Gasteiger partial charge in [0, 0.05) is 26.2 Å². The monoisotopic (exact) mass is 408 g/mol. The fourth-order valence-electron chi connectivity index (χ4n) is 3.48. The minimum atomic E-state index is 0. The van der Waals surface area contributed by atoms with Crippen molar-refractivity contribution in [1.29, 1.82) is 0 Å². The molecule has 1 heterocycles. The average Bonchev–Trinajstić information content (AvgIpc) is 2.52. The summed E-state index contributed by atoms with van der Waals surface area (Å²) in [5.74, 6) is 1.78. The van der Waals surface area contributed by atoms with Crippen LogP contribution in [0.15, 0.2) is 4.99 Å². The summed E-state index contributed by atoms with van der Waals surface area (Å²) < 4.78 is 0. The molecule has 1 unspecified atom stereocenters. The van der Waals surface area contributed by atoms with Gasteiger partial charge in [-0.25, -0.2) is 0 Å². The van der Waals surface area contributed by atoms with Crippen LogP contribution in [0.2, 0.25) is 0 Å². The number of aliphatic imine (C=N–C) groups is 1. The van der Waals surface area contributed by atoms with Crippen LogP contribution in [0.3, 0.4) is 0 Å². The van der Waals surface area contributed by atoms with Crippen molar-refractivity contribution in [2.75, 3.05) is 33.2 Å². The number of halogens is 1. The van der Waals surface area contributed by atoms with Crippen LogP contribution in [0.1, 0.15) is 51.9 Å². The van der Waals surface area contributed by atoms with E-state index in [4.69, 9.17) is 0 Å². The van der Waals surface area contributed by atoms with Crippen molar-refractivity contribution in [1.82, 2.24) is 15.5 Å². The van der Waals surface area contributed by atoms with Crippen molar-refractivity contribution in [3.63, 3.8) is 0 Å². The van der Waals surface area contributed by atoms with Gasteiger partial charge in [0.05, 0.1) is 0 Å². The molecule has 2 rings (SSSR count). The van der Waals surface area contributed by atoms with Crippen molar-refractivity contribution in [2.24, 2.45) is 10.9 Å². The molecule has 0 aromatic rings. The van der Waals surface area contributed by atoms with Gasteiger partial charge < -0.3 is 15.5 Å². The number of hydrogen-bond donors (Lipinski definition) is 2. The third-order valence-corrected chi connectivity index (χ3v) is 4.78. The zero-order valence-corrected chi connectivity index (χ0v) is 16.1. The first kappa shape index (κ1) is 19.0. The van der Waals surface area contributed by atoms with Crippen molar-refractivity contribution < 1.29 is 0 Å². The molecule has 1 saturated heterocycles. The number of guanidine groups is 1. The molecular weight excluding hydrogens is 375 g/mol. The third-order valence-electron chi connectivity index (χ3n) is 4.78. The molecule has 1 saturated carbocycles. The Labute approximate surface area is 147 Å². The Kier molecular flexibility index (Phi) is 9.64. The lowest BCUT2D eigenvalue weighted by atomic mass is 9.95. The van der Waals surface area contributed by atoms with Gasteiger partial charge in [-0.1, -0.05) is 26.2 Å². The van der Waals surface area contributed by atoms with Crippen LogP contribution < -0.4 is 10.6 Å². The molecule has 0 aromatic heterocycles. The van der Waals surface area contributed by atoms with Crippen molar-refractivity contribution in [3.8, 4) is 0 Å². The van der Waals surface area contributed by atoms with Crippen molar-refractivity contribution >= 4 is 29.9 Å². The summed E-state index contributed by atoms with van der Waals surface area (Å²) in [5.41, 5.74) is 0. The Morgan fingerprint density at radius 2 is 1.90 bits per heavy atom. The maximum Gasteiger partial charge on any atom is 0.191 e. The molecule has 4 nitrogen and oxygen atoms in total. The van der Waals surface area contributed by atoms with Crippen molar-refractivity contribution in [2.45, 2.75) is 57.9 Å². The van der Waals surface area contributed by atoms with E-state index in [1.165, 1.54) is 64.6 Å². The molecular formula is C16H33IN4. The molecule has 0 radical (unpaired) electrons. The standard InChI is InChI=1S/C16H32N4.HI/c1-3-20-11-7-8-14(13-20)12-18-16(17-2)19-15-9-5-4-6-10-15;/h14-15H,3-13H2,1-2H3,(H2,17,18,19);1H. The van der Waals surface area contributed by atoms with Gasteiger partial charge >= 0.3 is 0 Å². The van der Waals surface area contributed by atoms with Crippen LogP contribution in [0, 0.1) is 5.92 Å². The summed E-state index contributed by atoms with van der Waals surface area (Å²) in [6.07, 6.45) is 9.42. The van der Waals surface area contributed by atoms with Crippen molar-refractivity contribution in [3.05, 3.63) is 0 Å². The zero-order valence-electron chi connectivity index (χ0n) is 13.7. The first-order valence-electron chi connectivity index (χ1n) is 8.51. The molecule has 0 amide bonds. The molecule has 2 aliphatic rings. The second-order valence-corrected chi connectivity index (χ2v) is 6.33. The van der Waals surface area contributed by atoms with Gasteiger partial charge in [-0.15, -0.1) is 24.0 Å². The summed E-state index contributed by atoms with van der Waals surface area (Å²) in [6, 6.07) is 0.633. The van der Waals surface area contributed by atoms with E-state index < -0.39 is 0 Å². The molecule has 0 spiro atoms. The summed E-state index contributed by atoms with van der Waals surface area (Å²) in [5, 5.41) is 7.14. The highest BCUT2D eigenvalue weighted by Crippen LogP contribution is 2.17. The first-order valence-corrected chi connectivity index (χ1v) is 8.51. The SMILES string of the molecule is CCN1CCCC(CNC(=NC)NC2CCCCC2)C1.I. The summed E-state index contributed by atoms with van der Waals surface area (Å²) in [4.78, 5) is 6.95. The van der Waals surface area contributed by atoms with Crippen LogP contribution in [0.25, 0.3) is 0 Å². The summed E-state index contributed by atoms with van der Waals surface area (Å²) >= 11 is 0. The van der Waals surface area contributed by atoms with Gasteiger partial charge in [0.25, 0.3) is 0 Å². The second-order valence-electron chi connectivity index (χ2n) is 6.33. The minimum absolute atomic E-state index is 0. The Balaban J connectivity index is 0.00000220. The van der Waals surface area contributed by atoms with E-state index in [2.05, 4.69) is 27.4 Å². The molecule has 1 atom stereocenters. The second kappa shape index (κ2) is 10.6. The minimum Gasteiger partial charge on any atom is -0.356 e. The average molecular weight is 408 g/mol. The van der Waals surface area contributed by atoms with E-state index in [1.807, 2.05) is 7.05 Å². The number of hydrogen-bond acceptors (Lipinski definition) is 2. The molecule has 21 heavy (non-hydrogen) atoms. The number of piperidine rings is 1. The predicted octanol–water partition coefficient (Wildman–Crippen LogP) is 2.83. The van der Waals surface area contributed by atoms with Crippen LogP contribution in [-0.4, -0.2) is 50.1 Å². The fourth-order valence-corrected chi connectivity index (χ4v) is 3.48. The zero-order chi connectivity index (χ0) is 14.2. The number of likely N-dealkylation sites (tertiary alicyclic amines) is 1. The number of rotatable bonds is 4. The van der Waals surface area contributed by atoms with Gasteiger partial charge in [0.2, 0.25) is 0 Å². The van der Waals surface area contributed by atoms with Gasteiger partial charge in [-0.2, -0.15) is 0 Å². The normalized spacial score (nSPS) is 25.2. The lowest BCUT2D eigenvalue weighted by Gasteiger charge is -2.32. The van der Waals surface area contributed by atoms with E-state index in [-0.39, 0.29) is 24.0 Å². The topological polar surface area (TPSA) is 39.7 Å². The molecule has 5 heteroatoms. The number of nitrogens with zero attached hydrogens (tertiary/aromatic N) is 2. The van der Waals surface area contributed by atoms with Crippen LogP contribution in [0.5, 0.6) is 0 Å². The Morgan fingerprint density at radius 1 is 1.14 bits per heavy atom. The Bertz CT molecular complexity index is 303. The predicted molar refractivity (Wildman–Crippen MR) is 102 cm³/mol. The quantitative estimate of drug-likeness (QED) is 0.427.